The lowest BCUT2D eigenvalue weighted by atomic mass is 10.1. The fourth-order valence-corrected chi connectivity index (χ4v) is 4.96. The van der Waals surface area contributed by atoms with E-state index in [1.54, 1.807) is 45.3 Å². The van der Waals surface area contributed by atoms with Crippen LogP contribution in [0.1, 0.15) is 22.3 Å². The van der Waals surface area contributed by atoms with Crippen molar-refractivity contribution in [2.24, 2.45) is 0 Å². The number of rotatable bonds is 9. The number of likely N-dealkylation sites (N-methyl/N-ethyl adjacent to an activating group) is 1. The van der Waals surface area contributed by atoms with Gasteiger partial charge in [0.2, 0.25) is 11.5 Å². The molecule has 0 saturated heterocycles. The predicted octanol–water partition coefficient (Wildman–Crippen LogP) is 7.01. The number of nitrogens with one attached hydrogen (secondary N) is 1. The van der Waals surface area contributed by atoms with Crippen LogP contribution in [-0.2, 0) is 24.3 Å². The third kappa shape index (κ3) is 7.30. The molecule has 6 nitrogen and oxygen atoms in total. The van der Waals surface area contributed by atoms with Crippen molar-refractivity contribution in [2.75, 3.05) is 13.6 Å². The van der Waals surface area contributed by atoms with Gasteiger partial charge in [0.05, 0.1) is 34.0 Å². The standard InChI is InChI=1S/C27H25Cl3N4O2.2BrH/c1-32(25(36)15-18-7-3-2-4-8-18)13-6-14-33-26-21(29)9-5-10-23(26)34(27(33)31)17-24(35)20-12-11-19(28)16-22(20)30;;/h2-5,7-12,16,31H,6,13-15,17H2,1H3;2*1H. The summed E-state index contributed by atoms with van der Waals surface area (Å²) in [6, 6.07) is 19.7. The van der Waals surface area contributed by atoms with Gasteiger partial charge < -0.3 is 14.0 Å². The lowest BCUT2D eigenvalue weighted by molar-refractivity contribution is -0.129. The maximum absolute atomic E-state index is 13.0. The van der Waals surface area contributed by atoms with E-state index in [1.807, 2.05) is 36.4 Å². The molecule has 1 heterocycles. The zero-order valence-corrected chi connectivity index (χ0v) is 26.2. The van der Waals surface area contributed by atoms with E-state index in [0.717, 1.165) is 5.56 Å². The van der Waals surface area contributed by atoms with Crippen LogP contribution in [-0.4, -0.2) is 39.3 Å². The second kappa shape index (κ2) is 14.3. The minimum Gasteiger partial charge on any atom is -0.345 e. The van der Waals surface area contributed by atoms with E-state index in [9.17, 15) is 9.59 Å². The third-order valence-corrected chi connectivity index (χ3v) is 6.92. The molecule has 0 aliphatic rings. The molecule has 0 saturated carbocycles. The molecule has 4 rings (SSSR count). The molecular weight excluding hydrogens is 678 g/mol. The van der Waals surface area contributed by atoms with Crippen LogP contribution in [0.2, 0.25) is 15.1 Å². The fourth-order valence-electron chi connectivity index (χ4n) is 4.17. The molecule has 1 aromatic heterocycles. The predicted molar refractivity (Wildman–Crippen MR) is 165 cm³/mol. The van der Waals surface area contributed by atoms with Gasteiger partial charge in [0.15, 0.2) is 5.78 Å². The number of Topliss-reactive ketones (excluding diaryl/α,β-unsaturated/α-hetero) is 1. The molecule has 0 aliphatic heterocycles. The summed E-state index contributed by atoms with van der Waals surface area (Å²) in [7, 11) is 1.78. The van der Waals surface area contributed by atoms with Crippen molar-refractivity contribution in [2.45, 2.75) is 25.9 Å². The number of benzene rings is 3. The fraction of sp³-hybridized carbons (Fsp3) is 0.222. The van der Waals surface area contributed by atoms with Crippen LogP contribution >= 0.6 is 68.8 Å². The Hall–Kier alpha value is -2.10. The molecule has 202 valence electrons. The number of aromatic nitrogens is 2. The van der Waals surface area contributed by atoms with Gasteiger partial charge in [-0.1, -0.05) is 71.2 Å². The van der Waals surface area contributed by atoms with E-state index in [1.165, 1.54) is 6.07 Å². The minimum atomic E-state index is -0.236. The summed E-state index contributed by atoms with van der Waals surface area (Å²) < 4.78 is 3.41. The van der Waals surface area contributed by atoms with Crippen molar-refractivity contribution in [3.63, 3.8) is 0 Å². The third-order valence-electron chi connectivity index (χ3n) is 6.07. The first-order chi connectivity index (χ1) is 17.3. The maximum atomic E-state index is 13.0. The van der Waals surface area contributed by atoms with Crippen molar-refractivity contribution < 1.29 is 9.59 Å². The molecule has 0 radical (unpaired) electrons. The smallest absolute Gasteiger partial charge is 0.226 e. The van der Waals surface area contributed by atoms with Crippen LogP contribution in [0.15, 0.2) is 66.7 Å². The normalized spacial score (nSPS) is 10.5. The van der Waals surface area contributed by atoms with E-state index < -0.39 is 0 Å². The highest BCUT2D eigenvalue weighted by molar-refractivity contribution is 8.93. The van der Waals surface area contributed by atoms with Crippen LogP contribution in [0.3, 0.4) is 0 Å². The number of imidazole rings is 1. The Morgan fingerprint density at radius 2 is 1.61 bits per heavy atom. The molecule has 0 aliphatic carbocycles. The largest absolute Gasteiger partial charge is 0.345 e. The molecule has 1 amide bonds. The van der Waals surface area contributed by atoms with E-state index in [0.29, 0.717) is 52.6 Å². The average Bonchev–Trinajstić information content (AvgIpc) is 3.11. The number of ketones is 1. The summed E-state index contributed by atoms with van der Waals surface area (Å²) in [4.78, 5) is 27.3. The summed E-state index contributed by atoms with van der Waals surface area (Å²) in [5.41, 5.74) is 2.82. The molecule has 0 fully saturated rings. The molecule has 11 heteroatoms. The molecular formula is C27H27Br2Cl3N4O2. The first-order valence-electron chi connectivity index (χ1n) is 11.4. The molecule has 0 bridgehead atoms. The van der Waals surface area contributed by atoms with Gasteiger partial charge in [-0.05, 0) is 42.3 Å². The minimum absolute atomic E-state index is 0. The average molecular weight is 706 g/mol. The first kappa shape index (κ1) is 32.1. The van der Waals surface area contributed by atoms with Crippen LogP contribution in [0.4, 0.5) is 0 Å². The number of nitrogens with zero attached hydrogens (tertiary/aromatic N) is 3. The second-order valence-corrected chi connectivity index (χ2v) is 9.80. The van der Waals surface area contributed by atoms with Crippen molar-refractivity contribution in [3.05, 3.63) is 98.5 Å². The van der Waals surface area contributed by atoms with Gasteiger partial charge in [-0.2, -0.15) is 0 Å². The number of halogens is 5. The molecule has 3 aromatic carbocycles. The van der Waals surface area contributed by atoms with Crippen molar-refractivity contribution in [3.8, 4) is 0 Å². The Balaban J connectivity index is 0.00000253. The number of carbonyl (C=O) groups excluding carboxylic acids is 2. The Morgan fingerprint density at radius 3 is 2.29 bits per heavy atom. The van der Waals surface area contributed by atoms with Gasteiger partial charge in [0.1, 0.15) is 0 Å². The number of hydrogen-bond donors (Lipinski definition) is 1. The molecule has 4 aromatic rings. The highest BCUT2D eigenvalue weighted by Crippen LogP contribution is 2.25. The van der Waals surface area contributed by atoms with Gasteiger partial charge in [-0.3, -0.25) is 15.0 Å². The number of fused-ring (bicyclic) bond motifs is 1. The van der Waals surface area contributed by atoms with Crippen LogP contribution in [0.25, 0.3) is 11.0 Å². The maximum Gasteiger partial charge on any atom is 0.226 e. The van der Waals surface area contributed by atoms with Crippen molar-refractivity contribution in [1.29, 1.82) is 5.41 Å². The SMILES string of the molecule is Br.Br.CN(CCCn1c(=N)n(CC(=O)c2ccc(Cl)cc2Cl)c2cccc(Cl)c21)C(=O)Cc1ccccc1. The van der Waals surface area contributed by atoms with E-state index in [4.69, 9.17) is 40.2 Å². The van der Waals surface area contributed by atoms with Gasteiger partial charge in [0, 0.05) is 30.7 Å². The van der Waals surface area contributed by atoms with E-state index in [-0.39, 0.29) is 62.8 Å². The Labute approximate surface area is 257 Å². The van der Waals surface area contributed by atoms with Crippen LogP contribution in [0.5, 0.6) is 0 Å². The summed E-state index contributed by atoms with van der Waals surface area (Å²) in [5, 5.41) is 10.0. The number of para-hydroxylation sites is 1. The van der Waals surface area contributed by atoms with E-state index in [2.05, 4.69) is 0 Å². The van der Waals surface area contributed by atoms with Crippen molar-refractivity contribution >= 4 is 91.5 Å². The zero-order chi connectivity index (χ0) is 25.8. The van der Waals surface area contributed by atoms with Crippen molar-refractivity contribution in [1.82, 2.24) is 14.0 Å². The summed E-state index contributed by atoms with van der Waals surface area (Å²) in [6.45, 7) is 0.916. The molecule has 38 heavy (non-hydrogen) atoms. The summed E-state index contributed by atoms with van der Waals surface area (Å²) in [5.74, 6) is -0.205. The summed E-state index contributed by atoms with van der Waals surface area (Å²) >= 11 is 18.7. The number of carbonyl (C=O) groups is 2. The van der Waals surface area contributed by atoms with Gasteiger partial charge in [-0.25, -0.2) is 0 Å². The topological polar surface area (TPSA) is 71.1 Å². The molecule has 0 atom stereocenters. The van der Waals surface area contributed by atoms with Gasteiger partial charge in [-0.15, -0.1) is 34.0 Å². The number of hydrogen-bond acceptors (Lipinski definition) is 3. The second-order valence-electron chi connectivity index (χ2n) is 8.55. The Morgan fingerprint density at radius 1 is 0.895 bits per heavy atom. The Bertz CT molecular complexity index is 1490. The molecule has 0 spiro atoms. The van der Waals surface area contributed by atoms with Gasteiger partial charge >= 0.3 is 0 Å². The zero-order valence-electron chi connectivity index (χ0n) is 20.5. The summed E-state index contributed by atoms with van der Waals surface area (Å²) in [6.07, 6.45) is 0.962. The van der Waals surface area contributed by atoms with Gasteiger partial charge in [0.25, 0.3) is 0 Å². The highest BCUT2D eigenvalue weighted by atomic mass is 79.9. The molecule has 1 N–H and O–H groups in total. The Kier molecular flexibility index (Phi) is 12.1. The first-order valence-corrected chi connectivity index (χ1v) is 12.6. The number of aryl methyl sites for hydroxylation is 1. The highest BCUT2D eigenvalue weighted by Gasteiger charge is 2.18. The number of amides is 1. The monoisotopic (exact) mass is 702 g/mol. The molecule has 0 unspecified atom stereocenters. The lowest BCUT2D eigenvalue weighted by Gasteiger charge is -2.17. The van der Waals surface area contributed by atoms with Crippen LogP contribution in [0, 0.1) is 5.41 Å². The van der Waals surface area contributed by atoms with E-state index >= 15 is 0 Å². The van der Waals surface area contributed by atoms with Crippen LogP contribution < -0.4 is 5.62 Å². The quantitative estimate of drug-likeness (QED) is 0.191. The lowest BCUT2D eigenvalue weighted by Crippen LogP contribution is -2.31.